The Balaban J connectivity index is 2.16. The number of benzene rings is 2. The number of carbonyl (C=O) groups is 1. The second-order valence-electron chi connectivity index (χ2n) is 8.69. The van der Waals surface area contributed by atoms with E-state index in [0.717, 1.165) is 29.7 Å². The zero-order valence-electron chi connectivity index (χ0n) is 19.0. The predicted molar refractivity (Wildman–Crippen MR) is 123 cm³/mol. The maximum absolute atomic E-state index is 13.1. The SMILES string of the molecule is CCCC(C)COc1ccc([C@@H](NC(=O)C(CC#N)c2ccccc2)C(C)(C)O)cc1. The Kier molecular flexibility index (Phi) is 9.08. The van der Waals surface area contributed by atoms with Crippen LogP contribution in [0.3, 0.4) is 0 Å². The molecule has 166 valence electrons. The van der Waals surface area contributed by atoms with Crippen LogP contribution in [0.2, 0.25) is 0 Å². The van der Waals surface area contributed by atoms with E-state index < -0.39 is 17.6 Å². The first-order valence-corrected chi connectivity index (χ1v) is 10.9. The standard InChI is InChI=1S/C26H34N2O3/c1-5-9-19(2)18-31-22-14-12-21(13-15-22)24(26(3,4)30)28-25(29)23(16-17-27)20-10-7-6-8-11-20/h6-8,10-15,19,23-24,30H,5,9,16,18H2,1-4H3,(H,28,29)/t19?,23?,24-/m1/s1. The van der Waals surface area contributed by atoms with Crippen molar-refractivity contribution in [1.29, 1.82) is 5.26 Å². The van der Waals surface area contributed by atoms with Crippen molar-refractivity contribution in [3.8, 4) is 11.8 Å². The van der Waals surface area contributed by atoms with Crippen molar-refractivity contribution in [2.24, 2.45) is 5.92 Å². The van der Waals surface area contributed by atoms with E-state index in [-0.39, 0.29) is 12.3 Å². The van der Waals surface area contributed by atoms with Gasteiger partial charge in [0.25, 0.3) is 0 Å². The third kappa shape index (κ3) is 7.41. The Labute approximate surface area is 186 Å². The molecule has 0 aromatic heterocycles. The number of hydrogen-bond acceptors (Lipinski definition) is 4. The fourth-order valence-electron chi connectivity index (χ4n) is 3.62. The van der Waals surface area contributed by atoms with Crippen molar-refractivity contribution < 1.29 is 14.6 Å². The van der Waals surface area contributed by atoms with E-state index in [2.05, 4.69) is 25.2 Å². The van der Waals surface area contributed by atoms with Crippen LogP contribution in [0.5, 0.6) is 5.75 Å². The summed E-state index contributed by atoms with van der Waals surface area (Å²) in [4.78, 5) is 13.1. The normalized spacial score (nSPS) is 14.2. The first-order valence-electron chi connectivity index (χ1n) is 10.9. The largest absolute Gasteiger partial charge is 0.493 e. The highest BCUT2D eigenvalue weighted by Gasteiger charge is 2.32. The number of rotatable bonds is 11. The van der Waals surface area contributed by atoms with Crippen molar-refractivity contribution in [3.05, 3.63) is 65.7 Å². The summed E-state index contributed by atoms with van der Waals surface area (Å²) < 4.78 is 5.86. The number of aliphatic hydroxyl groups is 1. The molecule has 2 aromatic rings. The second kappa shape index (κ2) is 11.5. The summed E-state index contributed by atoms with van der Waals surface area (Å²) >= 11 is 0. The van der Waals surface area contributed by atoms with Gasteiger partial charge in [0.2, 0.25) is 5.91 Å². The minimum Gasteiger partial charge on any atom is -0.493 e. The Morgan fingerprint density at radius 1 is 1.13 bits per heavy atom. The van der Waals surface area contributed by atoms with Crippen molar-refractivity contribution in [1.82, 2.24) is 5.32 Å². The molecule has 0 aliphatic carbocycles. The van der Waals surface area contributed by atoms with Gasteiger partial charge in [-0.15, -0.1) is 0 Å². The lowest BCUT2D eigenvalue weighted by Crippen LogP contribution is -2.43. The number of hydrogen-bond donors (Lipinski definition) is 2. The zero-order chi connectivity index (χ0) is 22.9. The van der Waals surface area contributed by atoms with Crippen molar-refractivity contribution in [3.63, 3.8) is 0 Å². The molecule has 2 N–H and O–H groups in total. The summed E-state index contributed by atoms with van der Waals surface area (Å²) in [5, 5.41) is 22.9. The van der Waals surface area contributed by atoms with E-state index in [1.165, 1.54) is 0 Å². The van der Waals surface area contributed by atoms with E-state index in [4.69, 9.17) is 4.74 Å². The molecule has 0 saturated carbocycles. The summed E-state index contributed by atoms with van der Waals surface area (Å²) in [7, 11) is 0. The molecule has 2 aromatic carbocycles. The Hall–Kier alpha value is -2.84. The van der Waals surface area contributed by atoms with Gasteiger partial charge in [-0.3, -0.25) is 4.79 Å². The molecule has 0 heterocycles. The third-order valence-corrected chi connectivity index (χ3v) is 5.34. The average Bonchev–Trinajstić information content (AvgIpc) is 2.74. The molecule has 3 atom stereocenters. The number of nitrogens with zero attached hydrogens (tertiary/aromatic N) is 1. The monoisotopic (exact) mass is 422 g/mol. The summed E-state index contributed by atoms with van der Waals surface area (Å²) in [5.41, 5.74) is 0.362. The lowest BCUT2D eigenvalue weighted by Gasteiger charge is -2.32. The van der Waals surface area contributed by atoms with Crippen LogP contribution in [-0.4, -0.2) is 23.2 Å². The average molecular weight is 423 g/mol. The van der Waals surface area contributed by atoms with Gasteiger partial charge in [0.15, 0.2) is 0 Å². The molecule has 0 fully saturated rings. The van der Waals surface area contributed by atoms with Gasteiger partial charge in [0.05, 0.1) is 36.7 Å². The van der Waals surface area contributed by atoms with Gasteiger partial charge in [0, 0.05) is 0 Å². The van der Waals surface area contributed by atoms with Gasteiger partial charge in [-0.25, -0.2) is 0 Å². The van der Waals surface area contributed by atoms with Gasteiger partial charge in [0.1, 0.15) is 5.75 Å². The molecule has 0 aliphatic rings. The molecule has 31 heavy (non-hydrogen) atoms. The summed E-state index contributed by atoms with van der Waals surface area (Å²) in [6.07, 6.45) is 2.32. The Morgan fingerprint density at radius 2 is 1.77 bits per heavy atom. The van der Waals surface area contributed by atoms with E-state index in [1.807, 2.05) is 54.6 Å². The molecule has 2 unspecified atom stereocenters. The number of carbonyl (C=O) groups excluding carboxylic acids is 1. The molecule has 2 rings (SSSR count). The van der Waals surface area contributed by atoms with Gasteiger partial charge in [-0.1, -0.05) is 62.7 Å². The molecule has 5 nitrogen and oxygen atoms in total. The lowest BCUT2D eigenvalue weighted by molar-refractivity contribution is -0.125. The number of nitrogens with one attached hydrogen (secondary N) is 1. The van der Waals surface area contributed by atoms with Crippen LogP contribution in [0.25, 0.3) is 0 Å². The summed E-state index contributed by atoms with van der Waals surface area (Å²) in [6.45, 7) is 8.32. The van der Waals surface area contributed by atoms with Crippen molar-refractivity contribution >= 4 is 5.91 Å². The topological polar surface area (TPSA) is 82.3 Å². The number of ether oxygens (including phenoxy) is 1. The maximum Gasteiger partial charge on any atom is 0.229 e. The van der Waals surface area contributed by atoms with E-state index in [9.17, 15) is 15.2 Å². The fourth-order valence-corrected chi connectivity index (χ4v) is 3.62. The molecular formula is C26H34N2O3. The zero-order valence-corrected chi connectivity index (χ0v) is 19.0. The number of nitriles is 1. The highest BCUT2D eigenvalue weighted by Crippen LogP contribution is 2.29. The molecule has 1 amide bonds. The number of amides is 1. The molecule has 0 saturated heterocycles. The van der Waals surface area contributed by atoms with Crippen LogP contribution in [0, 0.1) is 17.2 Å². The first kappa shape index (κ1) is 24.4. The minimum absolute atomic E-state index is 0.0666. The molecule has 0 bridgehead atoms. The summed E-state index contributed by atoms with van der Waals surface area (Å²) in [5.74, 6) is 0.370. The predicted octanol–water partition coefficient (Wildman–Crippen LogP) is 5.13. The molecule has 0 spiro atoms. The van der Waals surface area contributed by atoms with Gasteiger partial charge in [-0.2, -0.15) is 5.26 Å². The van der Waals surface area contributed by atoms with E-state index >= 15 is 0 Å². The van der Waals surface area contributed by atoms with Gasteiger partial charge >= 0.3 is 0 Å². The van der Waals surface area contributed by atoms with Crippen LogP contribution in [0.15, 0.2) is 54.6 Å². The van der Waals surface area contributed by atoms with Crippen LogP contribution < -0.4 is 10.1 Å². The third-order valence-electron chi connectivity index (χ3n) is 5.34. The highest BCUT2D eigenvalue weighted by molar-refractivity contribution is 5.84. The molecule has 5 heteroatoms. The van der Waals surface area contributed by atoms with Gasteiger partial charge in [-0.05, 0) is 49.4 Å². The summed E-state index contributed by atoms with van der Waals surface area (Å²) in [6, 6.07) is 18.2. The lowest BCUT2D eigenvalue weighted by atomic mass is 9.89. The Bertz CT molecular complexity index is 851. The maximum atomic E-state index is 13.1. The van der Waals surface area contributed by atoms with Crippen LogP contribution in [0.1, 0.15) is 70.0 Å². The van der Waals surface area contributed by atoms with Crippen molar-refractivity contribution in [2.45, 2.75) is 64.5 Å². The smallest absolute Gasteiger partial charge is 0.229 e. The van der Waals surface area contributed by atoms with Crippen LogP contribution in [-0.2, 0) is 4.79 Å². The fraction of sp³-hybridized carbons (Fsp3) is 0.462. The minimum atomic E-state index is -1.19. The molecule has 0 aliphatic heterocycles. The van der Waals surface area contributed by atoms with Crippen LogP contribution >= 0.6 is 0 Å². The van der Waals surface area contributed by atoms with E-state index in [0.29, 0.717) is 12.5 Å². The highest BCUT2D eigenvalue weighted by atomic mass is 16.5. The van der Waals surface area contributed by atoms with Gasteiger partial charge < -0.3 is 15.2 Å². The Morgan fingerprint density at radius 3 is 2.32 bits per heavy atom. The first-order chi connectivity index (χ1) is 14.8. The second-order valence-corrected chi connectivity index (χ2v) is 8.69. The van der Waals surface area contributed by atoms with E-state index in [1.54, 1.807) is 13.8 Å². The molecular weight excluding hydrogens is 388 g/mol. The quantitative estimate of drug-likeness (QED) is 0.526. The van der Waals surface area contributed by atoms with Crippen molar-refractivity contribution in [2.75, 3.05) is 6.61 Å². The van der Waals surface area contributed by atoms with Crippen LogP contribution in [0.4, 0.5) is 0 Å². The molecule has 0 radical (unpaired) electrons.